The molecule has 1 aliphatic rings. The van der Waals surface area contributed by atoms with E-state index in [1.54, 1.807) is 6.08 Å². The molecule has 0 spiro atoms. The first kappa shape index (κ1) is 13.8. The van der Waals surface area contributed by atoms with Crippen molar-refractivity contribution < 1.29 is 4.79 Å². The van der Waals surface area contributed by atoms with Crippen LogP contribution < -0.4 is 5.32 Å². The first-order chi connectivity index (χ1) is 9.18. The van der Waals surface area contributed by atoms with Crippen molar-refractivity contribution in [3.8, 4) is 0 Å². The van der Waals surface area contributed by atoms with Gasteiger partial charge in [-0.25, -0.2) is 0 Å². The van der Waals surface area contributed by atoms with Gasteiger partial charge in [-0.15, -0.1) is 0 Å². The van der Waals surface area contributed by atoms with Gasteiger partial charge in [0.05, 0.1) is 0 Å². The van der Waals surface area contributed by atoms with E-state index in [1.165, 1.54) is 0 Å². The number of rotatable bonds is 4. The molecule has 0 radical (unpaired) electrons. The maximum atomic E-state index is 12.4. The average molecular weight is 258 g/mol. The molecule has 1 amide bonds. The molecule has 1 aromatic carbocycles. The molecule has 1 fully saturated rings. The van der Waals surface area contributed by atoms with Crippen LogP contribution in [0, 0.1) is 0 Å². The molecule has 1 saturated heterocycles. The predicted octanol–water partition coefficient (Wildman–Crippen LogP) is 2.30. The van der Waals surface area contributed by atoms with Crippen molar-refractivity contribution in [1.82, 2.24) is 10.2 Å². The Hall–Kier alpha value is -1.61. The number of carbonyl (C=O) groups is 1. The van der Waals surface area contributed by atoms with E-state index in [4.69, 9.17) is 0 Å². The second kappa shape index (κ2) is 6.53. The van der Waals surface area contributed by atoms with Crippen molar-refractivity contribution in [2.75, 3.05) is 13.1 Å². The molecule has 1 unspecified atom stereocenters. The molecule has 3 heteroatoms. The summed E-state index contributed by atoms with van der Waals surface area (Å²) in [6, 6.07) is 10.5. The fourth-order valence-corrected chi connectivity index (χ4v) is 2.55. The standard InChI is InChI=1S/C16H22N2O/c1-13(2)18(15-10-11-17-12-15)16(19)9-8-14-6-4-3-5-7-14/h3-9,13,15,17H,10-12H2,1-2H3/b9-8+. The fraction of sp³-hybridized carbons (Fsp3) is 0.438. The minimum atomic E-state index is 0.104. The normalized spacial score (nSPS) is 19.2. The topological polar surface area (TPSA) is 32.3 Å². The van der Waals surface area contributed by atoms with E-state index in [1.807, 2.05) is 41.3 Å². The van der Waals surface area contributed by atoms with E-state index in [-0.39, 0.29) is 11.9 Å². The number of hydrogen-bond donors (Lipinski definition) is 1. The second-order valence-electron chi connectivity index (χ2n) is 5.23. The van der Waals surface area contributed by atoms with Crippen molar-refractivity contribution in [3.63, 3.8) is 0 Å². The Morgan fingerprint density at radius 2 is 2.11 bits per heavy atom. The van der Waals surface area contributed by atoms with Crippen molar-refractivity contribution in [3.05, 3.63) is 42.0 Å². The van der Waals surface area contributed by atoms with Crippen molar-refractivity contribution >= 4 is 12.0 Å². The van der Waals surface area contributed by atoms with E-state index in [2.05, 4.69) is 19.2 Å². The van der Waals surface area contributed by atoms with Crippen LogP contribution in [0.2, 0.25) is 0 Å². The highest BCUT2D eigenvalue weighted by molar-refractivity contribution is 5.92. The van der Waals surface area contributed by atoms with Crippen molar-refractivity contribution in [2.45, 2.75) is 32.4 Å². The number of nitrogens with one attached hydrogen (secondary N) is 1. The first-order valence-corrected chi connectivity index (χ1v) is 6.94. The lowest BCUT2D eigenvalue weighted by Gasteiger charge is -2.31. The van der Waals surface area contributed by atoms with Crippen molar-refractivity contribution in [1.29, 1.82) is 0 Å². The number of carbonyl (C=O) groups excluding carboxylic acids is 1. The highest BCUT2D eigenvalue weighted by Gasteiger charge is 2.27. The van der Waals surface area contributed by atoms with Gasteiger partial charge in [-0.05, 0) is 38.5 Å². The third-order valence-corrected chi connectivity index (χ3v) is 3.46. The Kier molecular flexibility index (Phi) is 4.74. The zero-order valence-corrected chi connectivity index (χ0v) is 11.7. The lowest BCUT2D eigenvalue weighted by molar-refractivity contribution is -0.129. The SMILES string of the molecule is CC(C)N(C(=O)/C=C/c1ccccc1)C1CCNC1. The summed E-state index contributed by atoms with van der Waals surface area (Å²) in [5.74, 6) is 0.104. The van der Waals surface area contributed by atoms with Crippen LogP contribution in [0.3, 0.4) is 0 Å². The number of nitrogens with zero attached hydrogens (tertiary/aromatic N) is 1. The van der Waals surface area contributed by atoms with Crippen LogP contribution in [0.25, 0.3) is 6.08 Å². The van der Waals surface area contributed by atoms with Crippen LogP contribution >= 0.6 is 0 Å². The van der Waals surface area contributed by atoms with Gasteiger partial charge in [-0.3, -0.25) is 4.79 Å². The molecule has 1 aromatic rings. The van der Waals surface area contributed by atoms with Gasteiger partial charge in [0.15, 0.2) is 0 Å². The van der Waals surface area contributed by atoms with Gasteiger partial charge in [0, 0.05) is 24.7 Å². The molecule has 1 aliphatic heterocycles. The molecule has 1 heterocycles. The Morgan fingerprint density at radius 3 is 2.68 bits per heavy atom. The van der Waals surface area contributed by atoms with Gasteiger partial charge < -0.3 is 10.2 Å². The Bertz CT molecular complexity index is 433. The maximum absolute atomic E-state index is 12.4. The van der Waals surface area contributed by atoms with Crippen LogP contribution in [0.1, 0.15) is 25.8 Å². The van der Waals surface area contributed by atoms with Crippen molar-refractivity contribution in [2.24, 2.45) is 0 Å². The maximum Gasteiger partial charge on any atom is 0.247 e. The van der Waals surface area contributed by atoms with Crippen LogP contribution in [-0.2, 0) is 4.79 Å². The average Bonchev–Trinajstić information content (AvgIpc) is 2.91. The lowest BCUT2D eigenvalue weighted by Crippen LogP contribution is -2.45. The molecule has 3 nitrogen and oxygen atoms in total. The highest BCUT2D eigenvalue weighted by Crippen LogP contribution is 2.14. The van der Waals surface area contributed by atoms with Gasteiger partial charge in [0.2, 0.25) is 5.91 Å². The van der Waals surface area contributed by atoms with Gasteiger partial charge in [0.25, 0.3) is 0 Å². The van der Waals surface area contributed by atoms with E-state index in [0.29, 0.717) is 6.04 Å². The van der Waals surface area contributed by atoms with E-state index in [0.717, 1.165) is 25.1 Å². The molecule has 0 aliphatic carbocycles. The number of amides is 1. The van der Waals surface area contributed by atoms with E-state index >= 15 is 0 Å². The van der Waals surface area contributed by atoms with Gasteiger partial charge in [0.1, 0.15) is 0 Å². The predicted molar refractivity (Wildman–Crippen MR) is 78.7 cm³/mol. The second-order valence-corrected chi connectivity index (χ2v) is 5.23. The minimum absolute atomic E-state index is 0.104. The Balaban J connectivity index is 2.05. The molecule has 0 saturated carbocycles. The third-order valence-electron chi connectivity index (χ3n) is 3.46. The summed E-state index contributed by atoms with van der Waals surface area (Å²) in [5, 5.41) is 3.32. The highest BCUT2D eigenvalue weighted by atomic mass is 16.2. The molecule has 1 N–H and O–H groups in total. The monoisotopic (exact) mass is 258 g/mol. The largest absolute Gasteiger partial charge is 0.332 e. The molecule has 1 atom stereocenters. The number of benzene rings is 1. The summed E-state index contributed by atoms with van der Waals surface area (Å²) < 4.78 is 0. The molecule has 2 rings (SSSR count). The zero-order chi connectivity index (χ0) is 13.7. The lowest BCUT2D eigenvalue weighted by atomic mass is 10.1. The summed E-state index contributed by atoms with van der Waals surface area (Å²) in [4.78, 5) is 14.3. The molecular weight excluding hydrogens is 236 g/mol. The fourth-order valence-electron chi connectivity index (χ4n) is 2.55. The first-order valence-electron chi connectivity index (χ1n) is 6.94. The third kappa shape index (κ3) is 3.67. The Morgan fingerprint density at radius 1 is 1.37 bits per heavy atom. The van der Waals surface area contributed by atoms with Crippen LogP contribution in [0.15, 0.2) is 36.4 Å². The summed E-state index contributed by atoms with van der Waals surface area (Å²) in [7, 11) is 0. The smallest absolute Gasteiger partial charge is 0.247 e. The van der Waals surface area contributed by atoms with E-state index < -0.39 is 0 Å². The van der Waals surface area contributed by atoms with Gasteiger partial charge in [-0.2, -0.15) is 0 Å². The van der Waals surface area contributed by atoms with Gasteiger partial charge in [-0.1, -0.05) is 30.3 Å². The molecular formula is C16H22N2O. The Labute approximate surface area is 115 Å². The number of hydrogen-bond acceptors (Lipinski definition) is 2. The summed E-state index contributed by atoms with van der Waals surface area (Å²) in [5.41, 5.74) is 1.06. The summed E-state index contributed by atoms with van der Waals surface area (Å²) in [6.07, 6.45) is 4.62. The molecule has 19 heavy (non-hydrogen) atoms. The molecule has 0 bridgehead atoms. The molecule has 0 aromatic heterocycles. The summed E-state index contributed by atoms with van der Waals surface area (Å²) in [6.45, 7) is 6.06. The minimum Gasteiger partial charge on any atom is -0.332 e. The van der Waals surface area contributed by atoms with E-state index in [9.17, 15) is 4.79 Å². The summed E-state index contributed by atoms with van der Waals surface area (Å²) >= 11 is 0. The zero-order valence-electron chi connectivity index (χ0n) is 11.7. The van der Waals surface area contributed by atoms with Crippen LogP contribution in [0.4, 0.5) is 0 Å². The van der Waals surface area contributed by atoms with Crippen LogP contribution in [-0.4, -0.2) is 36.0 Å². The van der Waals surface area contributed by atoms with Crippen LogP contribution in [0.5, 0.6) is 0 Å². The quantitative estimate of drug-likeness (QED) is 0.840. The molecule has 102 valence electrons. The van der Waals surface area contributed by atoms with Gasteiger partial charge >= 0.3 is 0 Å².